The van der Waals surface area contributed by atoms with E-state index in [4.69, 9.17) is 4.74 Å². The molecule has 0 radical (unpaired) electrons. The van der Waals surface area contributed by atoms with Crippen molar-refractivity contribution in [2.45, 2.75) is 19.0 Å². The first-order valence-electron chi connectivity index (χ1n) is 10.6. The Bertz CT molecular complexity index is 1230. The van der Waals surface area contributed by atoms with Crippen LogP contribution in [-0.2, 0) is 4.79 Å². The Morgan fingerprint density at radius 1 is 1.10 bits per heavy atom. The number of fused-ring (bicyclic) bond motifs is 4. The van der Waals surface area contributed by atoms with Crippen molar-refractivity contribution in [1.82, 2.24) is 10.7 Å². The Morgan fingerprint density at radius 2 is 1.94 bits per heavy atom. The standard InChI is InChI=1S/C24H23N5O2/c1-14-24(30)28-27-23-13-31-22-9-19(18-8-4-6-15-5-2-3-7-17(15)18)20(10-21(22)29(14)23)26-16-11-25-12-16/h2-10,14,16,25-26H,11-13H2,1H3,(H,28,30). The van der Waals surface area contributed by atoms with E-state index in [-0.39, 0.29) is 11.9 Å². The molecule has 1 amide bonds. The van der Waals surface area contributed by atoms with Crippen LogP contribution in [0.1, 0.15) is 6.92 Å². The van der Waals surface area contributed by atoms with Crippen LogP contribution in [0.5, 0.6) is 5.75 Å². The van der Waals surface area contributed by atoms with Crippen LogP contribution in [0.25, 0.3) is 21.9 Å². The van der Waals surface area contributed by atoms with Gasteiger partial charge in [0.1, 0.15) is 18.4 Å². The molecule has 1 fully saturated rings. The maximum Gasteiger partial charge on any atom is 0.262 e. The Kier molecular flexibility index (Phi) is 4.11. The van der Waals surface area contributed by atoms with E-state index in [1.807, 2.05) is 11.8 Å². The van der Waals surface area contributed by atoms with Crippen molar-refractivity contribution >= 4 is 33.9 Å². The van der Waals surface area contributed by atoms with Gasteiger partial charge in [-0.05, 0) is 35.4 Å². The van der Waals surface area contributed by atoms with Crippen molar-refractivity contribution in [2.24, 2.45) is 5.10 Å². The van der Waals surface area contributed by atoms with Gasteiger partial charge in [0, 0.05) is 24.3 Å². The predicted molar refractivity (Wildman–Crippen MR) is 123 cm³/mol. The van der Waals surface area contributed by atoms with Crippen molar-refractivity contribution in [1.29, 1.82) is 0 Å². The molecule has 7 heteroatoms. The van der Waals surface area contributed by atoms with E-state index >= 15 is 0 Å². The Balaban J connectivity index is 1.54. The second-order valence-corrected chi connectivity index (χ2v) is 8.23. The highest BCUT2D eigenvalue weighted by atomic mass is 16.5. The largest absolute Gasteiger partial charge is 0.483 e. The van der Waals surface area contributed by atoms with Gasteiger partial charge in [0.15, 0.2) is 5.84 Å². The fourth-order valence-electron chi connectivity index (χ4n) is 4.48. The summed E-state index contributed by atoms with van der Waals surface area (Å²) in [6.45, 7) is 4.07. The maximum atomic E-state index is 12.3. The third kappa shape index (κ3) is 2.92. The molecule has 3 aromatic rings. The molecule has 3 heterocycles. The molecule has 7 nitrogen and oxygen atoms in total. The lowest BCUT2D eigenvalue weighted by atomic mass is 9.95. The molecule has 0 saturated carbocycles. The number of benzene rings is 3. The van der Waals surface area contributed by atoms with Crippen molar-refractivity contribution in [3.05, 3.63) is 54.6 Å². The van der Waals surface area contributed by atoms with Crippen LogP contribution in [-0.4, -0.2) is 43.5 Å². The number of amidine groups is 1. The van der Waals surface area contributed by atoms with E-state index in [0.29, 0.717) is 18.5 Å². The Hall–Kier alpha value is -3.58. The average molecular weight is 413 g/mol. The summed E-state index contributed by atoms with van der Waals surface area (Å²) in [6, 6.07) is 19.0. The van der Waals surface area contributed by atoms with E-state index in [0.717, 1.165) is 41.3 Å². The molecule has 0 spiro atoms. The number of rotatable bonds is 3. The third-order valence-electron chi connectivity index (χ3n) is 6.28. The maximum absolute atomic E-state index is 12.3. The summed E-state index contributed by atoms with van der Waals surface area (Å²) in [7, 11) is 0. The van der Waals surface area contributed by atoms with Crippen molar-refractivity contribution in [3.63, 3.8) is 0 Å². The summed E-state index contributed by atoms with van der Waals surface area (Å²) in [5, 5.41) is 13.6. The van der Waals surface area contributed by atoms with Gasteiger partial charge in [0.05, 0.1) is 11.7 Å². The van der Waals surface area contributed by atoms with Crippen molar-refractivity contribution in [3.8, 4) is 16.9 Å². The van der Waals surface area contributed by atoms with Gasteiger partial charge < -0.3 is 20.3 Å². The van der Waals surface area contributed by atoms with Gasteiger partial charge in [0.25, 0.3) is 5.91 Å². The van der Waals surface area contributed by atoms with E-state index in [9.17, 15) is 4.79 Å². The summed E-state index contributed by atoms with van der Waals surface area (Å²) >= 11 is 0. The zero-order valence-electron chi connectivity index (χ0n) is 17.2. The molecule has 3 N–H and O–H groups in total. The van der Waals surface area contributed by atoms with Crippen LogP contribution in [0.3, 0.4) is 0 Å². The van der Waals surface area contributed by atoms with Crippen LogP contribution in [0.2, 0.25) is 0 Å². The minimum absolute atomic E-state index is 0.118. The third-order valence-corrected chi connectivity index (χ3v) is 6.28. The molecule has 3 aliphatic rings. The highest BCUT2D eigenvalue weighted by Crippen LogP contribution is 2.44. The molecule has 0 aliphatic carbocycles. The minimum atomic E-state index is -0.350. The van der Waals surface area contributed by atoms with Gasteiger partial charge >= 0.3 is 0 Å². The number of hydrogen-bond donors (Lipinski definition) is 3. The van der Waals surface area contributed by atoms with Crippen LogP contribution in [0, 0.1) is 0 Å². The predicted octanol–water partition coefficient (Wildman–Crippen LogP) is 2.92. The fraction of sp³-hybridized carbons (Fsp3) is 0.250. The monoisotopic (exact) mass is 413 g/mol. The van der Waals surface area contributed by atoms with E-state index in [1.165, 1.54) is 10.8 Å². The second-order valence-electron chi connectivity index (χ2n) is 8.23. The second kappa shape index (κ2) is 6.99. The molecular formula is C24H23N5O2. The fourth-order valence-corrected chi connectivity index (χ4v) is 4.48. The lowest BCUT2D eigenvalue weighted by Crippen LogP contribution is -2.55. The SMILES string of the molecule is CC1C(=O)NN=C2COc3cc(-c4cccc5ccccc45)c(NC4CNC4)cc3N21. The van der Waals surface area contributed by atoms with Crippen LogP contribution in [0.4, 0.5) is 11.4 Å². The van der Waals surface area contributed by atoms with Crippen molar-refractivity contribution < 1.29 is 9.53 Å². The molecular weight excluding hydrogens is 390 g/mol. The van der Waals surface area contributed by atoms with Gasteiger partial charge in [-0.25, -0.2) is 5.43 Å². The van der Waals surface area contributed by atoms with Crippen LogP contribution < -0.4 is 25.7 Å². The smallest absolute Gasteiger partial charge is 0.262 e. The Labute approximate surface area is 180 Å². The summed E-state index contributed by atoms with van der Waals surface area (Å²) in [6.07, 6.45) is 0. The molecule has 3 aliphatic heterocycles. The topological polar surface area (TPSA) is 78.0 Å². The summed E-state index contributed by atoms with van der Waals surface area (Å²) in [5.41, 5.74) is 6.74. The molecule has 1 saturated heterocycles. The zero-order valence-corrected chi connectivity index (χ0v) is 17.2. The van der Waals surface area contributed by atoms with Gasteiger partial charge in [-0.1, -0.05) is 42.5 Å². The highest BCUT2D eigenvalue weighted by Gasteiger charge is 2.36. The normalized spacial score (nSPS) is 20.2. The number of ether oxygens (including phenoxy) is 1. The molecule has 0 bridgehead atoms. The summed E-state index contributed by atoms with van der Waals surface area (Å²) in [4.78, 5) is 14.3. The number of hydrogen-bond acceptors (Lipinski definition) is 6. The van der Waals surface area contributed by atoms with Gasteiger partial charge in [-0.3, -0.25) is 4.79 Å². The number of anilines is 2. The highest BCUT2D eigenvalue weighted by molar-refractivity contribution is 6.10. The molecule has 1 atom stereocenters. The van der Waals surface area contributed by atoms with Crippen LogP contribution in [0.15, 0.2) is 59.7 Å². The average Bonchev–Trinajstić information content (AvgIpc) is 2.77. The number of amides is 1. The quantitative estimate of drug-likeness (QED) is 0.616. The first-order chi connectivity index (χ1) is 15.2. The van der Waals surface area contributed by atoms with Gasteiger partial charge in [-0.2, -0.15) is 5.10 Å². The Morgan fingerprint density at radius 3 is 2.77 bits per heavy atom. The first kappa shape index (κ1) is 18.2. The molecule has 156 valence electrons. The van der Waals surface area contributed by atoms with Crippen molar-refractivity contribution in [2.75, 3.05) is 29.9 Å². The molecule has 1 unspecified atom stereocenters. The molecule has 3 aromatic carbocycles. The number of carbonyl (C=O) groups excluding carboxylic acids is 1. The minimum Gasteiger partial charge on any atom is -0.483 e. The van der Waals surface area contributed by atoms with E-state index < -0.39 is 0 Å². The lowest BCUT2D eigenvalue weighted by molar-refractivity contribution is -0.122. The number of nitrogens with zero attached hydrogens (tertiary/aromatic N) is 2. The first-order valence-corrected chi connectivity index (χ1v) is 10.6. The number of nitrogens with one attached hydrogen (secondary N) is 3. The summed E-state index contributed by atoms with van der Waals surface area (Å²) < 4.78 is 6.09. The molecule has 31 heavy (non-hydrogen) atoms. The van der Waals surface area contributed by atoms with Gasteiger partial charge in [-0.15, -0.1) is 0 Å². The number of carbonyl (C=O) groups is 1. The molecule has 6 rings (SSSR count). The summed E-state index contributed by atoms with van der Waals surface area (Å²) in [5.74, 6) is 1.36. The van der Waals surface area contributed by atoms with E-state index in [2.05, 4.69) is 75.8 Å². The zero-order chi connectivity index (χ0) is 20.9. The molecule has 0 aromatic heterocycles. The van der Waals surface area contributed by atoms with E-state index in [1.54, 1.807) is 0 Å². The number of hydrazone groups is 1. The van der Waals surface area contributed by atoms with Gasteiger partial charge in [0.2, 0.25) is 0 Å². The van der Waals surface area contributed by atoms with Crippen LogP contribution >= 0.6 is 0 Å². The lowest BCUT2D eigenvalue weighted by Gasteiger charge is -2.39.